The van der Waals surface area contributed by atoms with Crippen LogP contribution in [0.5, 0.6) is 0 Å². The number of aromatic nitrogens is 2. The summed E-state index contributed by atoms with van der Waals surface area (Å²) in [5.41, 5.74) is 1.54. The van der Waals surface area contributed by atoms with Crippen molar-refractivity contribution in [3.63, 3.8) is 0 Å². The summed E-state index contributed by atoms with van der Waals surface area (Å²) in [6.45, 7) is 1.80. The average molecular weight is 238 g/mol. The van der Waals surface area contributed by atoms with Gasteiger partial charge in [0.15, 0.2) is 0 Å². The fraction of sp³-hybridized carbons (Fsp3) is 0.100. The number of hydrogen-bond donors (Lipinski definition) is 1. The van der Waals surface area contributed by atoms with Gasteiger partial charge in [-0.2, -0.15) is 0 Å². The number of nitrogens with one attached hydrogen (secondary N) is 1. The van der Waals surface area contributed by atoms with E-state index in [1.807, 2.05) is 0 Å². The molecule has 2 rings (SSSR count). The van der Waals surface area contributed by atoms with E-state index < -0.39 is 0 Å². The molecule has 5 nitrogen and oxygen atoms in total. The number of hydrogen-bond acceptors (Lipinski definition) is 4. The molecular formula is C10H8ClN3O2. The van der Waals surface area contributed by atoms with E-state index >= 15 is 0 Å². The number of nitrogens with zero attached hydrogens (tertiary/aromatic N) is 2. The van der Waals surface area contributed by atoms with Gasteiger partial charge in [-0.05, 0) is 13.0 Å². The maximum atomic E-state index is 11.7. The fourth-order valence-electron chi connectivity index (χ4n) is 1.16. The predicted molar refractivity (Wildman–Crippen MR) is 58.4 cm³/mol. The Labute approximate surface area is 96.4 Å². The molecule has 2 aromatic rings. The van der Waals surface area contributed by atoms with Crippen molar-refractivity contribution in [2.75, 3.05) is 5.32 Å². The van der Waals surface area contributed by atoms with Crippen LogP contribution in [-0.4, -0.2) is 16.0 Å². The second kappa shape index (κ2) is 4.32. The molecule has 2 aromatic heterocycles. The quantitative estimate of drug-likeness (QED) is 0.870. The number of halogens is 1. The molecular weight excluding hydrogens is 230 g/mol. The summed E-state index contributed by atoms with van der Waals surface area (Å²) in [5.74, 6) is -0.347. The van der Waals surface area contributed by atoms with Crippen LogP contribution in [0.3, 0.4) is 0 Å². The Bertz CT molecular complexity index is 511. The van der Waals surface area contributed by atoms with Gasteiger partial charge in [0.05, 0.1) is 16.8 Å². The number of aryl methyl sites for hydroxylation is 1. The number of amides is 1. The average Bonchev–Trinajstić information content (AvgIpc) is 2.70. The van der Waals surface area contributed by atoms with Crippen LogP contribution in [-0.2, 0) is 0 Å². The third-order valence-electron chi connectivity index (χ3n) is 1.93. The van der Waals surface area contributed by atoms with Crippen LogP contribution < -0.4 is 5.32 Å². The van der Waals surface area contributed by atoms with Gasteiger partial charge in [-0.15, -0.1) is 0 Å². The van der Waals surface area contributed by atoms with Gasteiger partial charge in [-0.25, -0.2) is 0 Å². The highest BCUT2D eigenvalue weighted by Crippen LogP contribution is 2.17. The lowest BCUT2D eigenvalue weighted by molar-refractivity contribution is 0.102. The molecule has 6 heteroatoms. The zero-order chi connectivity index (χ0) is 11.5. The van der Waals surface area contributed by atoms with E-state index in [2.05, 4.69) is 20.0 Å². The Hall–Kier alpha value is -1.88. The predicted octanol–water partition coefficient (Wildman–Crippen LogP) is 2.28. The Morgan fingerprint density at radius 2 is 2.31 bits per heavy atom. The van der Waals surface area contributed by atoms with E-state index in [4.69, 9.17) is 11.6 Å². The molecule has 0 aromatic carbocycles. The topological polar surface area (TPSA) is 68.0 Å². The SMILES string of the molecule is Cc1cc(Cl)c(C(=O)Nc2cnoc2)cn1. The summed E-state index contributed by atoms with van der Waals surface area (Å²) in [7, 11) is 0. The van der Waals surface area contributed by atoms with E-state index in [0.29, 0.717) is 16.3 Å². The molecule has 0 aliphatic carbocycles. The maximum Gasteiger partial charge on any atom is 0.258 e. The normalized spacial score (nSPS) is 10.1. The molecule has 0 fully saturated rings. The molecule has 16 heavy (non-hydrogen) atoms. The molecule has 0 atom stereocenters. The van der Waals surface area contributed by atoms with Crippen molar-refractivity contribution in [3.05, 3.63) is 41.0 Å². The summed E-state index contributed by atoms with van der Waals surface area (Å²) < 4.78 is 4.59. The van der Waals surface area contributed by atoms with E-state index in [1.165, 1.54) is 18.7 Å². The highest BCUT2D eigenvalue weighted by molar-refractivity contribution is 6.34. The lowest BCUT2D eigenvalue weighted by Crippen LogP contribution is -2.12. The third kappa shape index (κ3) is 2.20. The summed E-state index contributed by atoms with van der Waals surface area (Å²) >= 11 is 5.92. The Balaban J connectivity index is 2.21. The van der Waals surface area contributed by atoms with E-state index in [9.17, 15) is 4.79 Å². The molecule has 0 bridgehead atoms. The Morgan fingerprint density at radius 1 is 1.50 bits per heavy atom. The number of carbonyl (C=O) groups excluding carboxylic acids is 1. The van der Waals surface area contributed by atoms with Crippen molar-refractivity contribution in [3.8, 4) is 0 Å². The number of carbonyl (C=O) groups is 1. The first-order valence-corrected chi connectivity index (χ1v) is 4.87. The van der Waals surface area contributed by atoms with Crippen molar-refractivity contribution in [2.24, 2.45) is 0 Å². The van der Waals surface area contributed by atoms with E-state index in [0.717, 1.165) is 5.69 Å². The smallest absolute Gasteiger partial charge is 0.258 e. The molecule has 0 aliphatic rings. The molecule has 0 radical (unpaired) electrons. The van der Waals surface area contributed by atoms with Crippen LogP contribution in [0.1, 0.15) is 16.1 Å². The summed E-state index contributed by atoms with van der Waals surface area (Å²) in [6, 6.07) is 1.63. The molecule has 0 aliphatic heterocycles. The summed E-state index contributed by atoms with van der Waals surface area (Å²) in [4.78, 5) is 15.7. The Kier molecular flexibility index (Phi) is 2.87. The van der Waals surface area contributed by atoms with Gasteiger partial charge in [0, 0.05) is 11.9 Å². The number of rotatable bonds is 2. The van der Waals surface area contributed by atoms with E-state index in [1.54, 1.807) is 13.0 Å². The van der Waals surface area contributed by atoms with Gasteiger partial charge in [0.25, 0.3) is 5.91 Å². The highest BCUT2D eigenvalue weighted by Gasteiger charge is 2.11. The van der Waals surface area contributed by atoms with Crippen molar-refractivity contribution in [2.45, 2.75) is 6.92 Å². The highest BCUT2D eigenvalue weighted by atomic mass is 35.5. The van der Waals surface area contributed by atoms with Gasteiger partial charge in [-0.3, -0.25) is 9.78 Å². The third-order valence-corrected chi connectivity index (χ3v) is 2.24. The lowest BCUT2D eigenvalue weighted by atomic mass is 10.2. The van der Waals surface area contributed by atoms with Gasteiger partial charge in [-0.1, -0.05) is 16.8 Å². The van der Waals surface area contributed by atoms with E-state index in [-0.39, 0.29) is 5.91 Å². The van der Waals surface area contributed by atoms with Gasteiger partial charge in [0.2, 0.25) is 0 Å². The second-order valence-electron chi connectivity index (χ2n) is 3.17. The molecule has 2 heterocycles. The summed E-state index contributed by atoms with van der Waals surface area (Å²) in [6.07, 6.45) is 4.15. The Morgan fingerprint density at radius 3 is 2.94 bits per heavy atom. The zero-order valence-corrected chi connectivity index (χ0v) is 9.15. The first-order valence-electron chi connectivity index (χ1n) is 4.49. The number of pyridine rings is 1. The van der Waals surface area contributed by atoms with Crippen LogP contribution >= 0.6 is 11.6 Å². The molecule has 0 unspecified atom stereocenters. The minimum absolute atomic E-state index is 0.313. The zero-order valence-electron chi connectivity index (χ0n) is 8.40. The minimum atomic E-state index is -0.347. The molecule has 1 amide bonds. The number of anilines is 1. The molecule has 0 saturated carbocycles. The summed E-state index contributed by atoms with van der Waals surface area (Å²) in [5, 5.41) is 6.41. The van der Waals surface area contributed by atoms with Crippen molar-refractivity contribution >= 4 is 23.2 Å². The first kappa shape index (κ1) is 10.6. The van der Waals surface area contributed by atoms with Crippen LogP contribution in [0.15, 0.2) is 29.2 Å². The fourth-order valence-corrected chi connectivity index (χ4v) is 1.45. The molecule has 82 valence electrons. The van der Waals surface area contributed by atoms with Crippen LogP contribution in [0, 0.1) is 6.92 Å². The molecule has 0 saturated heterocycles. The largest absolute Gasteiger partial charge is 0.363 e. The first-order chi connectivity index (χ1) is 7.66. The van der Waals surface area contributed by atoms with Crippen molar-refractivity contribution in [1.82, 2.24) is 10.1 Å². The van der Waals surface area contributed by atoms with Crippen molar-refractivity contribution < 1.29 is 9.32 Å². The van der Waals surface area contributed by atoms with Crippen LogP contribution in [0.25, 0.3) is 0 Å². The minimum Gasteiger partial charge on any atom is -0.363 e. The van der Waals surface area contributed by atoms with Crippen molar-refractivity contribution in [1.29, 1.82) is 0 Å². The second-order valence-corrected chi connectivity index (χ2v) is 3.58. The lowest BCUT2D eigenvalue weighted by Gasteiger charge is -2.04. The molecule has 1 N–H and O–H groups in total. The van der Waals surface area contributed by atoms with Gasteiger partial charge in [0.1, 0.15) is 12.0 Å². The van der Waals surface area contributed by atoms with Crippen LogP contribution in [0.2, 0.25) is 5.02 Å². The van der Waals surface area contributed by atoms with Gasteiger partial charge >= 0.3 is 0 Å². The maximum absolute atomic E-state index is 11.7. The van der Waals surface area contributed by atoms with Crippen LogP contribution in [0.4, 0.5) is 5.69 Å². The standard InChI is InChI=1S/C10H8ClN3O2/c1-6-2-9(11)8(4-12-6)10(15)14-7-3-13-16-5-7/h2-5H,1H3,(H,14,15). The van der Waals surface area contributed by atoms with Gasteiger partial charge < -0.3 is 9.84 Å². The molecule has 0 spiro atoms. The monoisotopic (exact) mass is 237 g/mol.